The third-order valence-corrected chi connectivity index (χ3v) is 2.53. The second-order valence-corrected chi connectivity index (χ2v) is 3.68. The molecular weight excluding hydrogens is 298 g/mol. The van der Waals surface area contributed by atoms with Gasteiger partial charge in [-0.2, -0.15) is 0 Å². The van der Waals surface area contributed by atoms with Gasteiger partial charge >= 0.3 is 5.97 Å². The van der Waals surface area contributed by atoms with Crippen LogP contribution in [0.4, 0.5) is 14.5 Å². The van der Waals surface area contributed by atoms with Crippen molar-refractivity contribution in [2.45, 2.75) is 18.7 Å². The van der Waals surface area contributed by atoms with Crippen LogP contribution < -0.4 is 5.73 Å². The van der Waals surface area contributed by atoms with Crippen molar-refractivity contribution in [3.63, 3.8) is 0 Å². The highest BCUT2D eigenvalue weighted by atomic mass is 79.9. The molecule has 0 aliphatic rings. The number of alkyl halides is 3. The third-order valence-electron chi connectivity index (χ3n) is 1.95. The van der Waals surface area contributed by atoms with Gasteiger partial charge in [0, 0.05) is 5.33 Å². The normalized spacial score (nSPS) is 10.6. The lowest BCUT2D eigenvalue weighted by Gasteiger charge is -2.11. The molecule has 0 bridgehead atoms. The lowest BCUT2D eigenvalue weighted by Crippen LogP contribution is -2.14. The Bertz CT molecular complexity index is 427. The summed E-state index contributed by atoms with van der Waals surface area (Å²) >= 11 is 3.09. The third kappa shape index (κ3) is 3.12. The summed E-state index contributed by atoms with van der Waals surface area (Å²) in [7, 11) is 0. The van der Waals surface area contributed by atoms with E-state index < -0.39 is 18.1 Å². The molecular formula is C10H11BrF2N2O2. The molecule has 1 aromatic heterocycles. The van der Waals surface area contributed by atoms with Crippen molar-refractivity contribution in [2.75, 3.05) is 12.3 Å². The highest BCUT2D eigenvalue weighted by Gasteiger charge is 2.24. The van der Waals surface area contributed by atoms with E-state index in [2.05, 4.69) is 25.7 Å². The number of ether oxygens (including phenoxy) is 1. The molecule has 0 aliphatic carbocycles. The lowest BCUT2D eigenvalue weighted by atomic mass is 10.1. The number of anilines is 1. The summed E-state index contributed by atoms with van der Waals surface area (Å²) in [4.78, 5) is 15.2. The van der Waals surface area contributed by atoms with E-state index in [1.807, 2.05) is 0 Å². The standard InChI is InChI=1S/C10H11BrF2N2O2/c1-2-17-10(16)7-6(14)3-5(4-11)15-8(7)9(12)13/h3,9H,2,4H2,1H3,(H2,14,15). The molecule has 0 atom stereocenters. The number of nitrogen functional groups attached to an aromatic ring is 1. The van der Waals surface area contributed by atoms with E-state index in [4.69, 9.17) is 5.73 Å². The summed E-state index contributed by atoms with van der Waals surface area (Å²) in [6.45, 7) is 1.66. The highest BCUT2D eigenvalue weighted by molar-refractivity contribution is 9.08. The van der Waals surface area contributed by atoms with Crippen LogP contribution in [-0.4, -0.2) is 17.6 Å². The quantitative estimate of drug-likeness (QED) is 0.686. The summed E-state index contributed by atoms with van der Waals surface area (Å²) < 4.78 is 30.2. The molecule has 94 valence electrons. The maximum absolute atomic E-state index is 12.8. The number of rotatable bonds is 4. The van der Waals surface area contributed by atoms with Crippen LogP contribution in [0.5, 0.6) is 0 Å². The number of pyridine rings is 1. The van der Waals surface area contributed by atoms with Crippen molar-refractivity contribution < 1.29 is 18.3 Å². The predicted octanol–water partition coefficient (Wildman–Crippen LogP) is 2.67. The minimum absolute atomic E-state index is 0.0526. The number of halogens is 3. The van der Waals surface area contributed by atoms with Gasteiger partial charge in [-0.25, -0.2) is 18.6 Å². The number of aromatic nitrogens is 1. The molecule has 1 heterocycles. The molecule has 0 unspecified atom stereocenters. The number of nitrogens with zero attached hydrogens (tertiary/aromatic N) is 1. The number of nitrogens with two attached hydrogens (primary N) is 1. The predicted molar refractivity (Wildman–Crippen MR) is 62.2 cm³/mol. The van der Waals surface area contributed by atoms with E-state index in [1.54, 1.807) is 6.92 Å². The second kappa shape index (κ2) is 5.90. The van der Waals surface area contributed by atoms with Gasteiger partial charge < -0.3 is 10.5 Å². The lowest BCUT2D eigenvalue weighted by molar-refractivity contribution is 0.0515. The van der Waals surface area contributed by atoms with E-state index >= 15 is 0 Å². The topological polar surface area (TPSA) is 65.2 Å². The summed E-state index contributed by atoms with van der Waals surface area (Å²) in [5.74, 6) is -0.881. The number of esters is 1. The molecule has 7 heteroatoms. The number of hydrogen-bond acceptors (Lipinski definition) is 4. The first-order chi connectivity index (χ1) is 8.01. The maximum Gasteiger partial charge on any atom is 0.342 e. The van der Waals surface area contributed by atoms with Gasteiger partial charge in [0.15, 0.2) is 0 Å². The molecule has 1 aromatic rings. The first kappa shape index (κ1) is 13.8. The molecule has 0 spiro atoms. The minimum atomic E-state index is -2.88. The molecule has 0 fully saturated rings. The van der Waals surface area contributed by atoms with Crippen LogP contribution in [0.3, 0.4) is 0 Å². The Morgan fingerprint density at radius 1 is 1.65 bits per heavy atom. The maximum atomic E-state index is 12.8. The van der Waals surface area contributed by atoms with Gasteiger partial charge in [0.1, 0.15) is 11.3 Å². The minimum Gasteiger partial charge on any atom is -0.462 e. The van der Waals surface area contributed by atoms with Gasteiger partial charge in [-0.1, -0.05) is 15.9 Å². The average molecular weight is 309 g/mol. The van der Waals surface area contributed by atoms with Crippen molar-refractivity contribution in [1.29, 1.82) is 0 Å². The molecule has 17 heavy (non-hydrogen) atoms. The summed E-state index contributed by atoms with van der Waals surface area (Å²) in [6.07, 6.45) is -2.88. The number of hydrogen-bond donors (Lipinski definition) is 1. The van der Waals surface area contributed by atoms with Crippen molar-refractivity contribution in [1.82, 2.24) is 4.98 Å². The zero-order valence-corrected chi connectivity index (χ0v) is 10.6. The van der Waals surface area contributed by atoms with Crippen LogP contribution in [0.2, 0.25) is 0 Å². The van der Waals surface area contributed by atoms with Crippen LogP contribution in [0.25, 0.3) is 0 Å². The Labute approximate surface area is 105 Å². The fraction of sp³-hybridized carbons (Fsp3) is 0.400. The number of carbonyl (C=O) groups is 1. The van der Waals surface area contributed by atoms with Crippen LogP contribution in [0.1, 0.15) is 35.1 Å². The van der Waals surface area contributed by atoms with Crippen molar-refractivity contribution in [3.05, 3.63) is 23.0 Å². The van der Waals surface area contributed by atoms with Gasteiger partial charge in [-0.15, -0.1) is 0 Å². The van der Waals surface area contributed by atoms with Crippen LogP contribution >= 0.6 is 15.9 Å². The summed E-state index contributed by atoms with van der Waals surface area (Å²) in [5.41, 5.74) is 4.86. The van der Waals surface area contributed by atoms with E-state index in [1.165, 1.54) is 6.07 Å². The van der Waals surface area contributed by atoms with Crippen molar-refractivity contribution >= 4 is 27.6 Å². The Balaban J connectivity index is 3.31. The molecule has 0 amide bonds. The largest absolute Gasteiger partial charge is 0.462 e. The van der Waals surface area contributed by atoms with E-state index in [0.29, 0.717) is 5.69 Å². The highest BCUT2D eigenvalue weighted by Crippen LogP contribution is 2.27. The molecule has 0 saturated carbocycles. The molecule has 0 saturated heterocycles. The summed E-state index contributed by atoms with van der Waals surface area (Å²) in [6, 6.07) is 1.37. The first-order valence-electron chi connectivity index (χ1n) is 4.81. The smallest absolute Gasteiger partial charge is 0.342 e. The van der Waals surface area contributed by atoms with E-state index in [0.717, 1.165) is 0 Å². The SMILES string of the molecule is CCOC(=O)c1c(N)cc(CBr)nc1C(F)F. The fourth-order valence-corrected chi connectivity index (χ4v) is 1.58. The van der Waals surface area contributed by atoms with Gasteiger partial charge in [0.05, 0.1) is 18.0 Å². The average Bonchev–Trinajstić information content (AvgIpc) is 2.27. The van der Waals surface area contributed by atoms with Gasteiger partial charge in [-0.3, -0.25) is 0 Å². The Morgan fingerprint density at radius 2 is 2.29 bits per heavy atom. The Hall–Kier alpha value is -1.24. The van der Waals surface area contributed by atoms with Crippen LogP contribution in [-0.2, 0) is 10.1 Å². The molecule has 0 aromatic carbocycles. The fourth-order valence-electron chi connectivity index (χ4n) is 1.29. The van der Waals surface area contributed by atoms with Crippen molar-refractivity contribution in [2.24, 2.45) is 0 Å². The van der Waals surface area contributed by atoms with Gasteiger partial charge in [0.25, 0.3) is 6.43 Å². The van der Waals surface area contributed by atoms with Crippen LogP contribution in [0.15, 0.2) is 6.07 Å². The molecule has 2 N–H and O–H groups in total. The van der Waals surface area contributed by atoms with E-state index in [9.17, 15) is 13.6 Å². The Morgan fingerprint density at radius 3 is 2.76 bits per heavy atom. The monoisotopic (exact) mass is 308 g/mol. The number of carbonyl (C=O) groups excluding carboxylic acids is 1. The summed E-state index contributed by atoms with van der Waals surface area (Å²) in [5, 5.41) is 0.278. The second-order valence-electron chi connectivity index (χ2n) is 3.12. The van der Waals surface area contributed by atoms with Crippen molar-refractivity contribution in [3.8, 4) is 0 Å². The Kier molecular flexibility index (Phi) is 4.80. The van der Waals surface area contributed by atoms with Gasteiger partial charge in [0.2, 0.25) is 0 Å². The molecule has 0 radical (unpaired) electrons. The van der Waals surface area contributed by atoms with E-state index in [-0.39, 0.29) is 23.2 Å². The molecule has 4 nitrogen and oxygen atoms in total. The molecule has 1 rings (SSSR count). The molecule has 0 aliphatic heterocycles. The van der Waals surface area contributed by atoms with Crippen LogP contribution in [0, 0.1) is 0 Å². The zero-order chi connectivity index (χ0) is 13.0. The zero-order valence-electron chi connectivity index (χ0n) is 9.04. The first-order valence-corrected chi connectivity index (χ1v) is 5.93. The van der Waals surface area contributed by atoms with Gasteiger partial charge in [-0.05, 0) is 13.0 Å².